The first-order valence-electron chi connectivity index (χ1n) is 33.1. The van der Waals surface area contributed by atoms with Gasteiger partial charge in [-0.05, 0) is 77.0 Å². The van der Waals surface area contributed by atoms with Crippen molar-refractivity contribution >= 4 is 17.9 Å². The van der Waals surface area contributed by atoms with Gasteiger partial charge in [-0.1, -0.05) is 318 Å². The Bertz CT molecular complexity index is 1470. The molecule has 0 N–H and O–H groups in total. The predicted octanol–water partition coefficient (Wildman–Crippen LogP) is 22.7. The lowest BCUT2D eigenvalue weighted by molar-refractivity contribution is -0.167. The maximum Gasteiger partial charge on any atom is 0.306 e. The average Bonchev–Trinajstić information content (AvgIpc) is 3.43. The molecule has 77 heavy (non-hydrogen) atoms. The Labute approximate surface area is 477 Å². The number of unbranched alkanes of at least 4 members (excludes halogenated alkanes) is 35. The fourth-order valence-corrected chi connectivity index (χ4v) is 9.48. The molecule has 0 aromatic carbocycles. The van der Waals surface area contributed by atoms with Crippen molar-refractivity contribution in [3.05, 3.63) is 85.1 Å². The van der Waals surface area contributed by atoms with Crippen LogP contribution in [0.25, 0.3) is 0 Å². The zero-order valence-electron chi connectivity index (χ0n) is 51.0. The molecule has 0 radical (unpaired) electrons. The van der Waals surface area contributed by atoms with E-state index in [1.54, 1.807) is 0 Å². The summed E-state index contributed by atoms with van der Waals surface area (Å²) >= 11 is 0. The molecule has 0 fully saturated rings. The van der Waals surface area contributed by atoms with E-state index in [9.17, 15) is 14.4 Å². The number of carbonyl (C=O) groups excluding carboxylic acids is 3. The number of hydrogen-bond acceptors (Lipinski definition) is 6. The van der Waals surface area contributed by atoms with Crippen LogP contribution in [0.4, 0.5) is 0 Å². The molecule has 0 aliphatic carbocycles. The lowest BCUT2D eigenvalue weighted by atomic mass is 10.0. The van der Waals surface area contributed by atoms with Crippen molar-refractivity contribution in [1.82, 2.24) is 0 Å². The Kier molecular flexibility index (Phi) is 62.2. The van der Waals surface area contributed by atoms with Crippen LogP contribution in [0.15, 0.2) is 85.1 Å². The summed E-state index contributed by atoms with van der Waals surface area (Å²) in [5.74, 6) is -0.864. The van der Waals surface area contributed by atoms with Crippen LogP contribution in [0.3, 0.4) is 0 Å². The average molecular weight is 1070 g/mol. The summed E-state index contributed by atoms with van der Waals surface area (Å²) in [4.78, 5) is 38.2. The van der Waals surface area contributed by atoms with Gasteiger partial charge in [0.2, 0.25) is 0 Å². The zero-order valence-corrected chi connectivity index (χ0v) is 51.0. The molecule has 1 unspecified atom stereocenters. The van der Waals surface area contributed by atoms with Gasteiger partial charge >= 0.3 is 17.9 Å². The minimum atomic E-state index is -0.775. The van der Waals surface area contributed by atoms with Crippen LogP contribution in [-0.2, 0) is 28.6 Å². The van der Waals surface area contributed by atoms with Crippen molar-refractivity contribution in [3.63, 3.8) is 0 Å². The summed E-state index contributed by atoms with van der Waals surface area (Å²) in [6.07, 6.45) is 86.0. The second kappa shape index (κ2) is 65.1. The molecular weight excluding hydrogens is 949 g/mol. The molecule has 0 aromatic heterocycles. The van der Waals surface area contributed by atoms with Crippen molar-refractivity contribution in [2.24, 2.45) is 0 Å². The van der Waals surface area contributed by atoms with E-state index in [-0.39, 0.29) is 31.1 Å². The maximum atomic E-state index is 12.9. The van der Waals surface area contributed by atoms with Gasteiger partial charge in [0.05, 0.1) is 0 Å². The molecule has 6 heteroatoms. The molecule has 0 saturated heterocycles. The van der Waals surface area contributed by atoms with E-state index in [1.165, 1.54) is 180 Å². The van der Waals surface area contributed by atoms with Gasteiger partial charge in [0, 0.05) is 19.3 Å². The van der Waals surface area contributed by atoms with Crippen molar-refractivity contribution in [2.75, 3.05) is 13.2 Å². The van der Waals surface area contributed by atoms with Gasteiger partial charge in [-0.15, -0.1) is 0 Å². The third kappa shape index (κ3) is 63.3. The fourth-order valence-electron chi connectivity index (χ4n) is 9.48. The van der Waals surface area contributed by atoms with Crippen LogP contribution in [0.2, 0.25) is 0 Å². The Morgan fingerprint density at radius 1 is 0.273 bits per heavy atom. The largest absolute Gasteiger partial charge is 0.462 e. The molecule has 0 amide bonds. The highest BCUT2D eigenvalue weighted by molar-refractivity contribution is 5.71. The maximum absolute atomic E-state index is 12.9. The second-order valence-corrected chi connectivity index (χ2v) is 22.0. The third-order valence-electron chi connectivity index (χ3n) is 14.4. The van der Waals surface area contributed by atoms with Gasteiger partial charge in [-0.3, -0.25) is 14.4 Å². The van der Waals surface area contributed by atoms with Gasteiger partial charge in [-0.2, -0.15) is 0 Å². The molecule has 0 rings (SSSR count). The standard InChI is InChI=1S/C71H124O6/c1-4-7-10-13-16-19-22-24-26-28-30-31-32-33-34-35-36-37-38-39-40-41-42-44-45-47-49-52-55-58-61-64-70(73)76-67-68(66-75-69(72)63-60-57-54-51-21-18-15-12-9-6-3)77-71(74)65-62-59-56-53-50-48-46-43-29-27-25-23-20-17-14-11-8-5-2/h7,10,16,19,24,26,30-31,33-34,36-37,39-40,68H,4-6,8-9,11-15,17-18,20-23,25,27-29,32,35,38,41-67H2,1-3H3/b10-7-,19-16-,26-24-,31-30-,34-33-,37-36-,40-39-. The van der Waals surface area contributed by atoms with E-state index >= 15 is 0 Å². The Morgan fingerprint density at radius 3 is 0.792 bits per heavy atom. The minimum absolute atomic E-state index is 0.0729. The molecule has 0 aliphatic heterocycles. The van der Waals surface area contributed by atoms with Crippen molar-refractivity contribution in [2.45, 2.75) is 335 Å². The molecule has 0 aliphatic rings. The van der Waals surface area contributed by atoms with Gasteiger partial charge < -0.3 is 14.2 Å². The van der Waals surface area contributed by atoms with E-state index in [0.29, 0.717) is 19.3 Å². The van der Waals surface area contributed by atoms with Gasteiger partial charge in [-0.25, -0.2) is 0 Å². The van der Waals surface area contributed by atoms with Crippen LogP contribution in [0.1, 0.15) is 329 Å². The zero-order chi connectivity index (χ0) is 55.7. The van der Waals surface area contributed by atoms with Crippen LogP contribution in [0.5, 0.6) is 0 Å². The summed E-state index contributed by atoms with van der Waals surface area (Å²) in [7, 11) is 0. The van der Waals surface area contributed by atoms with Gasteiger partial charge in [0.25, 0.3) is 0 Å². The number of esters is 3. The number of carbonyl (C=O) groups is 3. The summed E-state index contributed by atoms with van der Waals surface area (Å²) in [5.41, 5.74) is 0. The molecule has 444 valence electrons. The topological polar surface area (TPSA) is 78.9 Å². The van der Waals surface area contributed by atoms with Crippen LogP contribution < -0.4 is 0 Å². The lowest BCUT2D eigenvalue weighted by Crippen LogP contribution is -2.30. The van der Waals surface area contributed by atoms with E-state index in [1.807, 2.05) is 0 Å². The Hall–Kier alpha value is -3.41. The smallest absolute Gasteiger partial charge is 0.306 e. The molecule has 6 nitrogen and oxygen atoms in total. The van der Waals surface area contributed by atoms with Crippen LogP contribution in [-0.4, -0.2) is 37.2 Å². The highest BCUT2D eigenvalue weighted by atomic mass is 16.6. The van der Waals surface area contributed by atoms with Crippen molar-refractivity contribution in [3.8, 4) is 0 Å². The number of hydrogen-bond donors (Lipinski definition) is 0. The molecule has 0 aromatic rings. The molecular formula is C71H124O6. The van der Waals surface area contributed by atoms with E-state index < -0.39 is 6.10 Å². The summed E-state index contributed by atoms with van der Waals surface area (Å²) < 4.78 is 16.9. The second-order valence-electron chi connectivity index (χ2n) is 22.0. The quantitative estimate of drug-likeness (QED) is 0.0261. The van der Waals surface area contributed by atoms with E-state index in [0.717, 1.165) is 109 Å². The summed E-state index contributed by atoms with van der Waals surface area (Å²) in [5, 5.41) is 0. The summed E-state index contributed by atoms with van der Waals surface area (Å²) in [6.45, 7) is 6.55. The first-order chi connectivity index (χ1) is 38.0. The minimum Gasteiger partial charge on any atom is -0.462 e. The number of allylic oxidation sites excluding steroid dienone is 14. The van der Waals surface area contributed by atoms with E-state index in [2.05, 4.69) is 106 Å². The number of ether oxygens (including phenoxy) is 3. The van der Waals surface area contributed by atoms with E-state index in [4.69, 9.17) is 14.2 Å². The Morgan fingerprint density at radius 2 is 0.506 bits per heavy atom. The highest BCUT2D eigenvalue weighted by Crippen LogP contribution is 2.17. The van der Waals surface area contributed by atoms with Crippen LogP contribution >= 0.6 is 0 Å². The van der Waals surface area contributed by atoms with Crippen LogP contribution in [0, 0.1) is 0 Å². The van der Waals surface area contributed by atoms with Crippen molar-refractivity contribution in [1.29, 1.82) is 0 Å². The first kappa shape index (κ1) is 73.6. The van der Waals surface area contributed by atoms with Crippen molar-refractivity contribution < 1.29 is 28.6 Å². The highest BCUT2D eigenvalue weighted by Gasteiger charge is 2.19. The molecule has 0 spiro atoms. The molecule has 0 saturated carbocycles. The van der Waals surface area contributed by atoms with Gasteiger partial charge in [0.15, 0.2) is 6.10 Å². The first-order valence-corrected chi connectivity index (χ1v) is 33.1. The summed E-state index contributed by atoms with van der Waals surface area (Å²) in [6, 6.07) is 0. The third-order valence-corrected chi connectivity index (χ3v) is 14.4. The van der Waals surface area contributed by atoms with Gasteiger partial charge in [0.1, 0.15) is 13.2 Å². The lowest BCUT2D eigenvalue weighted by Gasteiger charge is -2.18. The monoisotopic (exact) mass is 1070 g/mol. The predicted molar refractivity (Wildman–Crippen MR) is 334 cm³/mol. The normalized spacial score (nSPS) is 12.6. The SMILES string of the molecule is CC/C=C\C/C=C\C/C=C\C/C=C\C/C=C\C/C=C\C/C=C\CCCCCCCCCCCC(=O)OCC(COC(=O)CCCCCCCCCCCC)OC(=O)CCCCCCCCCCCCCCCCCCCC. The Balaban J connectivity index is 4.20. The number of rotatable bonds is 60. The molecule has 0 bridgehead atoms. The fraction of sp³-hybridized carbons (Fsp3) is 0.761. The molecule has 1 atom stereocenters. The molecule has 0 heterocycles.